The Balaban J connectivity index is 2.82. The minimum atomic E-state index is -1.66. The number of esters is 4. The van der Waals surface area contributed by atoms with E-state index in [0.29, 0.717) is 16.7 Å². The lowest BCUT2D eigenvalue weighted by Gasteiger charge is -2.33. The van der Waals surface area contributed by atoms with Crippen LogP contribution in [0.4, 0.5) is 0 Å². The molecular formula is C28H36O8. The van der Waals surface area contributed by atoms with Gasteiger partial charge in [0.2, 0.25) is 0 Å². The van der Waals surface area contributed by atoms with Crippen LogP contribution in [0, 0.1) is 10.8 Å². The zero-order valence-corrected chi connectivity index (χ0v) is 21.8. The molecule has 8 nitrogen and oxygen atoms in total. The second kappa shape index (κ2) is 13.0. The van der Waals surface area contributed by atoms with Gasteiger partial charge in [-0.3, -0.25) is 19.2 Å². The van der Waals surface area contributed by atoms with Crippen molar-refractivity contribution in [2.75, 3.05) is 28.4 Å². The first-order valence-corrected chi connectivity index (χ1v) is 12.0. The lowest BCUT2D eigenvalue weighted by Crippen LogP contribution is -2.46. The van der Waals surface area contributed by atoms with Crippen LogP contribution in [0.3, 0.4) is 0 Å². The molecule has 0 unspecified atom stereocenters. The minimum Gasteiger partial charge on any atom is -0.468 e. The van der Waals surface area contributed by atoms with Gasteiger partial charge in [0, 0.05) is 0 Å². The van der Waals surface area contributed by atoms with Crippen molar-refractivity contribution in [3.05, 3.63) is 59.2 Å². The molecule has 0 saturated carbocycles. The first-order valence-electron chi connectivity index (χ1n) is 12.0. The third-order valence-corrected chi connectivity index (χ3v) is 6.68. The van der Waals surface area contributed by atoms with Gasteiger partial charge in [-0.05, 0) is 43.2 Å². The molecule has 0 heterocycles. The maximum atomic E-state index is 13.2. The van der Waals surface area contributed by atoms with E-state index in [2.05, 4.69) is 6.92 Å². The van der Waals surface area contributed by atoms with Crippen LogP contribution in [0.5, 0.6) is 0 Å². The highest BCUT2D eigenvalue weighted by Gasteiger charge is 2.52. The first kappa shape index (κ1) is 28.8. The van der Waals surface area contributed by atoms with Gasteiger partial charge in [0.25, 0.3) is 0 Å². The van der Waals surface area contributed by atoms with Gasteiger partial charge in [0.05, 0.1) is 28.4 Å². The smallest absolute Gasteiger partial charge is 0.323 e. The molecule has 0 radical (unpaired) electrons. The monoisotopic (exact) mass is 500 g/mol. The lowest BCUT2D eigenvalue weighted by atomic mass is 9.70. The maximum Gasteiger partial charge on any atom is 0.323 e. The summed E-state index contributed by atoms with van der Waals surface area (Å²) in [5.74, 6) is -2.88. The molecule has 2 rings (SSSR count). The van der Waals surface area contributed by atoms with E-state index in [9.17, 15) is 19.2 Å². The molecule has 8 heteroatoms. The van der Waals surface area contributed by atoms with Gasteiger partial charge in [0.1, 0.15) is 0 Å². The number of allylic oxidation sites excluding steroid dienone is 4. The highest BCUT2D eigenvalue weighted by Crippen LogP contribution is 2.40. The van der Waals surface area contributed by atoms with Gasteiger partial charge in [-0.15, -0.1) is 0 Å². The summed E-state index contributed by atoms with van der Waals surface area (Å²) in [6.45, 7) is 2.08. The average molecular weight is 501 g/mol. The van der Waals surface area contributed by atoms with Gasteiger partial charge in [0.15, 0.2) is 10.8 Å². The van der Waals surface area contributed by atoms with Crippen LogP contribution >= 0.6 is 0 Å². The quantitative estimate of drug-likeness (QED) is 0.229. The molecule has 0 aliphatic heterocycles. The number of benzene rings is 1. The molecule has 196 valence electrons. The third-order valence-electron chi connectivity index (χ3n) is 6.68. The van der Waals surface area contributed by atoms with Crippen molar-refractivity contribution in [2.45, 2.75) is 51.9 Å². The summed E-state index contributed by atoms with van der Waals surface area (Å²) in [4.78, 5) is 52.6. The molecule has 0 amide bonds. The van der Waals surface area contributed by atoms with Crippen molar-refractivity contribution in [2.24, 2.45) is 10.8 Å². The average Bonchev–Trinajstić information content (AvgIpc) is 2.91. The Morgan fingerprint density at radius 1 is 0.778 bits per heavy atom. The zero-order valence-electron chi connectivity index (χ0n) is 21.8. The molecule has 1 aromatic carbocycles. The molecule has 0 fully saturated rings. The highest BCUT2D eigenvalue weighted by atomic mass is 16.6. The predicted octanol–water partition coefficient (Wildman–Crippen LogP) is 3.90. The number of hydrogen-bond acceptors (Lipinski definition) is 8. The number of methoxy groups -OCH3 is 4. The fraction of sp³-hybridized carbons (Fsp3) is 0.500. The Hall–Kier alpha value is -3.42. The Kier molecular flexibility index (Phi) is 10.4. The van der Waals surface area contributed by atoms with Crippen LogP contribution in [0.1, 0.15) is 50.2 Å². The van der Waals surface area contributed by atoms with Crippen molar-refractivity contribution in [1.82, 2.24) is 0 Å². The van der Waals surface area contributed by atoms with E-state index in [-0.39, 0.29) is 25.7 Å². The number of rotatable bonds is 8. The Morgan fingerprint density at radius 3 is 1.72 bits per heavy atom. The normalized spacial score (nSPS) is 18.2. The minimum absolute atomic E-state index is 0.0374. The number of carbonyl (C=O) groups is 4. The van der Waals surface area contributed by atoms with E-state index < -0.39 is 34.7 Å². The maximum absolute atomic E-state index is 13.2. The predicted molar refractivity (Wildman–Crippen MR) is 133 cm³/mol. The van der Waals surface area contributed by atoms with Crippen LogP contribution in [0.25, 0.3) is 0 Å². The highest BCUT2D eigenvalue weighted by molar-refractivity contribution is 6.02. The molecule has 36 heavy (non-hydrogen) atoms. The van der Waals surface area contributed by atoms with Crippen molar-refractivity contribution in [3.8, 4) is 0 Å². The Morgan fingerprint density at radius 2 is 1.25 bits per heavy atom. The number of hydrogen-bond donors (Lipinski definition) is 0. The number of unbranched alkanes of at least 4 members (excludes halogenated alkanes) is 2. The van der Waals surface area contributed by atoms with E-state index in [4.69, 9.17) is 18.9 Å². The molecule has 1 aliphatic rings. The van der Waals surface area contributed by atoms with E-state index in [1.165, 1.54) is 28.4 Å². The van der Waals surface area contributed by atoms with Crippen molar-refractivity contribution in [3.63, 3.8) is 0 Å². The first-order chi connectivity index (χ1) is 17.2. The summed E-state index contributed by atoms with van der Waals surface area (Å²) in [5.41, 5.74) is -1.48. The van der Waals surface area contributed by atoms with Crippen molar-refractivity contribution in [1.29, 1.82) is 0 Å². The molecule has 0 spiro atoms. The molecular weight excluding hydrogens is 464 g/mol. The topological polar surface area (TPSA) is 105 Å². The number of carbonyl (C=O) groups excluding carboxylic acids is 4. The van der Waals surface area contributed by atoms with Crippen LogP contribution in [0.15, 0.2) is 48.1 Å². The Bertz CT molecular complexity index is 988. The number of ether oxygens (including phenoxy) is 4. The van der Waals surface area contributed by atoms with Gasteiger partial charge in [-0.1, -0.05) is 67.8 Å². The molecule has 0 bridgehead atoms. The summed E-state index contributed by atoms with van der Waals surface area (Å²) in [6, 6.07) is 7.05. The summed E-state index contributed by atoms with van der Waals surface area (Å²) < 4.78 is 20.3. The fourth-order valence-corrected chi connectivity index (χ4v) is 4.64. The van der Waals surface area contributed by atoms with E-state index in [0.717, 1.165) is 19.3 Å². The van der Waals surface area contributed by atoms with E-state index >= 15 is 0 Å². The lowest BCUT2D eigenvalue weighted by molar-refractivity contribution is -0.171. The van der Waals surface area contributed by atoms with Gasteiger partial charge < -0.3 is 18.9 Å². The zero-order chi connectivity index (χ0) is 26.8. The van der Waals surface area contributed by atoms with Crippen LogP contribution in [-0.4, -0.2) is 52.3 Å². The summed E-state index contributed by atoms with van der Waals surface area (Å²) >= 11 is 0. The van der Waals surface area contributed by atoms with Crippen molar-refractivity contribution < 1.29 is 38.1 Å². The largest absolute Gasteiger partial charge is 0.468 e. The molecule has 0 saturated heterocycles. The fourth-order valence-electron chi connectivity index (χ4n) is 4.64. The molecule has 0 aromatic heterocycles. The van der Waals surface area contributed by atoms with Crippen LogP contribution in [-0.2, 0) is 51.0 Å². The summed E-state index contributed by atoms with van der Waals surface area (Å²) in [7, 11) is 4.93. The van der Waals surface area contributed by atoms with Gasteiger partial charge in [-0.2, -0.15) is 0 Å². The summed E-state index contributed by atoms with van der Waals surface area (Å²) in [6.07, 6.45) is 8.06. The van der Waals surface area contributed by atoms with E-state index in [1.807, 2.05) is 12.2 Å². The summed E-state index contributed by atoms with van der Waals surface area (Å²) in [5, 5.41) is 0. The SMILES string of the molecule is CCCC/C=C/C1=C/CC(C(=O)OC)(C(=O)OC)Cc2ccccc2CC(C(=O)OC)(C(=O)OC)C1. The molecule has 1 aliphatic carbocycles. The van der Waals surface area contributed by atoms with Crippen molar-refractivity contribution >= 4 is 23.9 Å². The van der Waals surface area contributed by atoms with E-state index in [1.54, 1.807) is 30.3 Å². The molecule has 0 N–H and O–H groups in total. The number of fused-ring (bicyclic) bond motifs is 1. The van der Waals surface area contributed by atoms with Gasteiger partial charge >= 0.3 is 23.9 Å². The standard InChI is InChI=1S/C28H36O8/c1-6-7-8-9-12-20-15-16-27(23(29)33-2,24(30)34-3)18-21-13-10-11-14-22(21)19-28(17-20,25(31)35-4)26(32)36-5/h9-15H,6-8,16-19H2,1-5H3/b12-9+,20-15-. The Labute approximate surface area is 212 Å². The third kappa shape index (κ3) is 6.04. The second-order valence-corrected chi connectivity index (χ2v) is 8.96. The van der Waals surface area contributed by atoms with Crippen LogP contribution < -0.4 is 0 Å². The van der Waals surface area contributed by atoms with Crippen LogP contribution in [0.2, 0.25) is 0 Å². The second-order valence-electron chi connectivity index (χ2n) is 8.96. The van der Waals surface area contributed by atoms with Gasteiger partial charge in [-0.25, -0.2) is 0 Å². The molecule has 0 atom stereocenters. The molecule has 1 aromatic rings.